The summed E-state index contributed by atoms with van der Waals surface area (Å²) >= 11 is 0. The Bertz CT molecular complexity index is 1230. The third-order valence-corrected chi connectivity index (χ3v) is 4.98. The van der Waals surface area contributed by atoms with Crippen LogP contribution in [0.2, 0.25) is 0 Å². The molecule has 0 bridgehead atoms. The smallest absolute Gasteiger partial charge is 0.314 e. The number of nitrogens with one attached hydrogen (secondary N) is 5. The lowest BCUT2D eigenvalue weighted by molar-refractivity contribution is 0.0953. The molecule has 5 N–H and O–H groups in total. The van der Waals surface area contributed by atoms with Gasteiger partial charge < -0.3 is 26.3 Å². The van der Waals surface area contributed by atoms with Crippen molar-refractivity contribution in [3.8, 4) is 0 Å². The van der Waals surface area contributed by atoms with Crippen LogP contribution in [0.15, 0.2) is 60.8 Å². The topological polar surface area (TPSA) is 111 Å². The van der Waals surface area contributed by atoms with E-state index in [9.17, 15) is 9.59 Å². The number of rotatable bonds is 7. The molecule has 0 fully saturated rings. The normalized spacial score (nSPS) is 10.7. The van der Waals surface area contributed by atoms with E-state index < -0.39 is 0 Å². The SMILES string of the molecule is CNC(=O)NCCNC(=O)c1cccc(CNc2cc3c(cn2)[nH]c2ccccc23)c1. The van der Waals surface area contributed by atoms with Crippen LogP contribution in [0.3, 0.4) is 0 Å². The Morgan fingerprint density at radius 2 is 1.77 bits per heavy atom. The Morgan fingerprint density at radius 1 is 0.935 bits per heavy atom. The molecule has 0 aliphatic heterocycles. The molecule has 4 aromatic rings. The molecule has 8 nitrogen and oxygen atoms in total. The lowest BCUT2D eigenvalue weighted by Gasteiger charge is -2.09. The molecule has 0 aliphatic carbocycles. The number of carbonyl (C=O) groups excluding carboxylic acids is 2. The second-order valence-corrected chi connectivity index (χ2v) is 7.10. The summed E-state index contributed by atoms with van der Waals surface area (Å²) in [5.74, 6) is 0.589. The summed E-state index contributed by atoms with van der Waals surface area (Å²) in [6.45, 7) is 1.25. The van der Waals surface area contributed by atoms with Crippen LogP contribution in [-0.2, 0) is 6.54 Å². The minimum absolute atomic E-state index is 0.182. The molecule has 3 amide bonds. The minimum atomic E-state index is -0.276. The fraction of sp³-hybridized carbons (Fsp3) is 0.174. The Kier molecular flexibility index (Phi) is 5.98. The van der Waals surface area contributed by atoms with Crippen molar-refractivity contribution in [2.24, 2.45) is 0 Å². The highest BCUT2D eigenvalue weighted by atomic mass is 16.2. The molecule has 0 spiro atoms. The number of aromatic amines is 1. The van der Waals surface area contributed by atoms with E-state index in [2.05, 4.69) is 37.3 Å². The van der Waals surface area contributed by atoms with Gasteiger partial charge in [0.15, 0.2) is 0 Å². The van der Waals surface area contributed by atoms with Crippen molar-refractivity contribution in [3.05, 3.63) is 71.9 Å². The van der Waals surface area contributed by atoms with Crippen LogP contribution in [0.4, 0.5) is 10.6 Å². The molecule has 0 atom stereocenters. The standard InChI is InChI=1S/C23H24N6O2/c1-24-23(31)26-10-9-25-22(30)16-6-4-5-15(11-16)13-27-21-12-18-17-7-2-3-8-19(17)29-20(18)14-28-21/h2-8,11-12,14,29H,9-10,13H2,1H3,(H,25,30)(H,27,28)(H2,24,26,31). The van der Waals surface area contributed by atoms with Crippen LogP contribution in [-0.4, -0.2) is 42.0 Å². The second-order valence-electron chi connectivity index (χ2n) is 7.10. The van der Waals surface area contributed by atoms with E-state index >= 15 is 0 Å². The fourth-order valence-electron chi connectivity index (χ4n) is 3.40. The average molecular weight is 416 g/mol. The number of H-pyrrole nitrogens is 1. The molecule has 0 unspecified atom stereocenters. The third-order valence-electron chi connectivity index (χ3n) is 4.98. The van der Waals surface area contributed by atoms with Crippen LogP contribution in [0.25, 0.3) is 21.8 Å². The van der Waals surface area contributed by atoms with Crippen LogP contribution < -0.4 is 21.3 Å². The zero-order valence-electron chi connectivity index (χ0n) is 17.2. The minimum Gasteiger partial charge on any atom is -0.366 e. The summed E-state index contributed by atoms with van der Waals surface area (Å²) in [5, 5.41) is 13.5. The van der Waals surface area contributed by atoms with Gasteiger partial charge in [-0.05, 0) is 29.8 Å². The Balaban J connectivity index is 1.38. The lowest BCUT2D eigenvalue weighted by Crippen LogP contribution is -2.38. The molecule has 0 aliphatic rings. The first-order valence-corrected chi connectivity index (χ1v) is 10.1. The molecule has 8 heteroatoms. The van der Waals surface area contributed by atoms with E-state index in [1.165, 1.54) is 0 Å². The van der Waals surface area contributed by atoms with E-state index in [1.807, 2.05) is 48.7 Å². The molecule has 2 aromatic heterocycles. The Labute approximate surface area is 179 Å². The molecule has 4 rings (SSSR count). The van der Waals surface area contributed by atoms with Crippen molar-refractivity contribution in [1.29, 1.82) is 0 Å². The summed E-state index contributed by atoms with van der Waals surface area (Å²) in [6, 6.07) is 17.3. The highest BCUT2D eigenvalue weighted by molar-refractivity contribution is 6.07. The van der Waals surface area contributed by atoms with Crippen molar-refractivity contribution in [2.75, 3.05) is 25.5 Å². The Morgan fingerprint density at radius 3 is 2.65 bits per heavy atom. The molecule has 2 heterocycles. The molecule has 2 aromatic carbocycles. The second kappa shape index (κ2) is 9.17. The number of anilines is 1. The maximum atomic E-state index is 12.4. The van der Waals surface area contributed by atoms with Crippen molar-refractivity contribution >= 4 is 39.6 Å². The zero-order valence-corrected chi connectivity index (χ0v) is 17.2. The maximum absolute atomic E-state index is 12.4. The largest absolute Gasteiger partial charge is 0.366 e. The summed E-state index contributed by atoms with van der Waals surface area (Å²) in [4.78, 5) is 31.3. The van der Waals surface area contributed by atoms with E-state index in [0.717, 1.165) is 33.2 Å². The first-order chi connectivity index (χ1) is 15.1. The monoisotopic (exact) mass is 416 g/mol. The van der Waals surface area contributed by atoms with Crippen LogP contribution in [0.1, 0.15) is 15.9 Å². The quantitative estimate of drug-likeness (QED) is 0.298. The highest BCUT2D eigenvalue weighted by Gasteiger charge is 2.08. The number of hydrogen-bond donors (Lipinski definition) is 5. The van der Waals surface area contributed by atoms with Gasteiger partial charge in [0.2, 0.25) is 0 Å². The van der Waals surface area contributed by atoms with Gasteiger partial charge in [-0.1, -0.05) is 30.3 Å². The molecular weight excluding hydrogens is 392 g/mol. The van der Waals surface area contributed by atoms with Crippen LogP contribution in [0.5, 0.6) is 0 Å². The first kappa shape index (κ1) is 20.2. The predicted molar refractivity (Wildman–Crippen MR) is 122 cm³/mol. The molecule has 0 saturated heterocycles. The number of nitrogens with zero attached hydrogens (tertiary/aromatic N) is 1. The Hall–Kier alpha value is -4.07. The summed E-state index contributed by atoms with van der Waals surface area (Å²) in [6.07, 6.45) is 1.83. The van der Waals surface area contributed by atoms with Gasteiger partial charge in [0.1, 0.15) is 5.82 Å². The zero-order chi connectivity index (χ0) is 21.6. The number of aromatic nitrogens is 2. The third kappa shape index (κ3) is 4.75. The summed E-state index contributed by atoms with van der Waals surface area (Å²) < 4.78 is 0. The lowest BCUT2D eigenvalue weighted by atomic mass is 10.1. The molecule has 0 saturated carbocycles. The van der Waals surface area contributed by atoms with Gasteiger partial charge in [0.05, 0.1) is 11.7 Å². The highest BCUT2D eigenvalue weighted by Crippen LogP contribution is 2.26. The van der Waals surface area contributed by atoms with Gasteiger partial charge in [-0.15, -0.1) is 0 Å². The van der Waals surface area contributed by atoms with Gasteiger partial charge >= 0.3 is 6.03 Å². The number of benzene rings is 2. The van der Waals surface area contributed by atoms with E-state index in [0.29, 0.717) is 25.2 Å². The predicted octanol–water partition coefficient (Wildman–Crippen LogP) is 2.99. The molecule has 158 valence electrons. The maximum Gasteiger partial charge on any atom is 0.314 e. The average Bonchev–Trinajstić information content (AvgIpc) is 3.18. The van der Waals surface area contributed by atoms with Gasteiger partial charge in [-0.25, -0.2) is 9.78 Å². The number of para-hydroxylation sites is 1. The number of urea groups is 1. The van der Waals surface area contributed by atoms with Crippen LogP contribution >= 0.6 is 0 Å². The molecule has 0 radical (unpaired) electrons. The van der Waals surface area contributed by atoms with E-state index in [-0.39, 0.29) is 11.9 Å². The van der Waals surface area contributed by atoms with Crippen molar-refractivity contribution in [3.63, 3.8) is 0 Å². The van der Waals surface area contributed by atoms with Gasteiger partial charge in [-0.3, -0.25) is 4.79 Å². The van der Waals surface area contributed by atoms with E-state index in [1.54, 1.807) is 13.1 Å². The fourth-order valence-corrected chi connectivity index (χ4v) is 3.40. The summed E-state index contributed by atoms with van der Waals surface area (Å²) in [7, 11) is 1.54. The van der Waals surface area contributed by atoms with Gasteiger partial charge in [0, 0.05) is 48.5 Å². The summed E-state index contributed by atoms with van der Waals surface area (Å²) in [5.41, 5.74) is 3.62. The van der Waals surface area contributed by atoms with Gasteiger partial charge in [-0.2, -0.15) is 0 Å². The number of amides is 3. The molecular formula is C23H24N6O2. The number of pyridine rings is 1. The van der Waals surface area contributed by atoms with Crippen molar-refractivity contribution in [1.82, 2.24) is 25.9 Å². The molecule has 31 heavy (non-hydrogen) atoms. The number of fused-ring (bicyclic) bond motifs is 3. The van der Waals surface area contributed by atoms with Crippen molar-refractivity contribution < 1.29 is 9.59 Å². The first-order valence-electron chi connectivity index (χ1n) is 10.1. The van der Waals surface area contributed by atoms with E-state index in [4.69, 9.17) is 0 Å². The van der Waals surface area contributed by atoms with Crippen molar-refractivity contribution in [2.45, 2.75) is 6.54 Å². The number of carbonyl (C=O) groups is 2. The van der Waals surface area contributed by atoms with Crippen LogP contribution in [0, 0.1) is 0 Å². The number of hydrogen-bond acceptors (Lipinski definition) is 4. The van der Waals surface area contributed by atoms with Gasteiger partial charge in [0.25, 0.3) is 5.91 Å².